The van der Waals surface area contributed by atoms with Crippen LogP contribution in [0.5, 0.6) is 0 Å². The summed E-state index contributed by atoms with van der Waals surface area (Å²) in [4.78, 5) is 25.7. The van der Waals surface area contributed by atoms with Crippen molar-refractivity contribution < 1.29 is 9.59 Å². The van der Waals surface area contributed by atoms with Crippen LogP contribution in [0.25, 0.3) is 0 Å². The van der Waals surface area contributed by atoms with E-state index in [4.69, 9.17) is 11.6 Å². The van der Waals surface area contributed by atoms with Crippen molar-refractivity contribution in [2.45, 2.75) is 6.54 Å². The van der Waals surface area contributed by atoms with Crippen LogP contribution in [0, 0.1) is 0 Å². The predicted molar refractivity (Wildman–Crippen MR) is 58.9 cm³/mol. The number of hydrogen-bond donors (Lipinski definition) is 2. The van der Waals surface area contributed by atoms with Gasteiger partial charge in [0, 0.05) is 5.02 Å². The number of benzene rings is 1. The smallest absolute Gasteiger partial charge is 0.288 e. The maximum atomic E-state index is 10.8. The van der Waals surface area contributed by atoms with Crippen molar-refractivity contribution in [2.75, 3.05) is 0 Å². The highest BCUT2D eigenvalue weighted by Gasteiger charge is 2.24. The highest BCUT2D eigenvalue weighted by atomic mass is 35.5. The lowest BCUT2D eigenvalue weighted by Gasteiger charge is -1.98. The fourth-order valence-corrected chi connectivity index (χ4v) is 1.46. The van der Waals surface area contributed by atoms with E-state index in [1.165, 1.54) is 0 Å². The highest BCUT2D eigenvalue weighted by Crippen LogP contribution is 2.11. The number of halogens is 1. The minimum absolute atomic E-state index is 0.176. The van der Waals surface area contributed by atoms with E-state index in [0.717, 1.165) is 5.56 Å². The Morgan fingerprint density at radius 1 is 1.19 bits per heavy atom. The van der Waals surface area contributed by atoms with Crippen LogP contribution in [0.2, 0.25) is 5.02 Å². The molecule has 0 unspecified atom stereocenters. The van der Waals surface area contributed by atoms with Crippen molar-refractivity contribution in [3.8, 4) is 0 Å². The molecule has 0 radical (unpaired) electrons. The third kappa shape index (κ3) is 2.38. The molecule has 1 saturated heterocycles. The van der Waals surface area contributed by atoms with Crippen LogP contribution < -0.4 is 10.6 Å². The summed E-state index contributed by atoms with van der Waals surface area (Å²) in [5.41, 5.74) is 0.899. The summed E-state index contributed by atoms with van der Waals surface area (Å²) in [7, 11) is 0. The second kappa shape index (κ2) is 4.32. The lowest BCUT2D eigenvalue weighted by Crippen LogP contribution is -2.25. The molecule has 2 rings (SSSR count). The van der Waals surface area contributed by atoms with Crippen LogP contribution in [0.3, 0.4) is 0 Å². The lowest BCUT2D eigenvalue weighted by atomic mass is 10.2. The normalized spacial score (nSPS) is 14.7. The Morgan fingerprint density at radius 3 is 2.50 bits per heavy atom. The van der Waals surface area contributed by atoms with Crippen molar-refractivity contribution in [3.05, 3.63) is 34.9 Å². The van der Waals surface area contributed by atoms with E-state index in [9.17, 15) is 9.59 Å². The number of carbonyl (C=O) groups excluding carboxylic acids is 2. The zero-order valence-electron chi connectivity index (χ0n) is 8.16. The number of rotatable bonds is 2. The number of nitrogens with one attached hydrogen (secondary N) is 2. The molecule has 2 N–H and O–H groups in total. The van der Waals surface area contributed by atoms with Crippen molar-refractivity contribution in [2.24, 2.45) is 4.99 Å². The Labute approximate surface area is 96.5 Å². The van der Waals surface area contributed by atoms with E-state index >= 15 is 0 Å². The second-order valence-corrected chi connectivity index (χ2v) is 3.64. The average Bonchev–Trinajstić information content (AvgIpc) is 2.56. The van der Waals surface area contributed by atoms with Gasteiger partial charge in [0.05, 0.1) is 6.54 Å². The summed E-state index contributed by atoms with van der Waals surface area (Å²) in [6.45, 7) is 0.344. The first-order chi connectivity index (χ1) is 7.65. The molecule has 1 aromatic rings. The molecule has 16 heavy (non-hydrogen) atoms. The molecule has 0 bridgehead atoms. The van der Waals surface area contributed by atoms with Gasteiger partial charge in [-0.3, -0.25) is 20.2 Å². The number of aliphatic imine (C=N–C) groups is 1. The standard InChI is InChI=1S/C10H8ClN3O2/c11-7-3-1-2-6(4-7)5-12-10-13-8(15)9(16)14-10/h1-4H,5H2,(H2,12,13,14,15,16). The molecule has 0 spiro atoms. The molecule has 0 aliphatic carbocycles. The van der Waals surface area contributed by atoms with Gasteiger partial charge in [0.25, 0.3) is 0 Å². The highest BCUT2D eigenvalue weighted by molar-refractivity contribution is 6.45. The van der Waals surface area contributed by atoms with E-state index in [1.54, 1.807) is 12.1 Å². The quantitative estimate of drug-likeness (QED) is 0.733. The van der Waals surface area contributed by atoms with Crippen LogP contribution in [0.4, 0.5) is 0 Å². The molecule has 1 heterocycles. The molecule has 0 saturated carbocycles. The largest absolute Gasteiger partial charge is 0.316 e. The number of carbonyl (C=O) groups is 2. The van der Waals surface area contributed by atoms with Crippen molar-refractivity contribution >= 4 is 29.4 Å². The maximum absolute atomic E-state index is 10.8. The van der Waals surface area contributed by atoms with Gasteiger partial charge in [0.15, 0.2) is 0 Å². The van der Waals surface area contributed by atoms with Gasteiger partial charge in [0.1, 0.15) is 0 Å². The van der Waals surface area contributed by atoms with Gasteiger partial charge < -0.3 is 0 Å². The zero-order chi connectivity index (χ0) is 11.5. The zero-order valence-corrected chi connectivity index (χ0v) is 8.91. The molecule has 1 aromatic carbocycles. The Kier molecular flexibility index (Phi) is 2.87. The van der Waals surface area contributed by atoms with Crippen LogP contribution in [0.15, 0.2) is 29.3 Å². The van der Waals surface area contributed by atoms with Crippen molar-refractivity contribution in [1.82, 2.24) is 10.6 Å². The van der Waals surface area contributed by atoms with Crippen LogP contribution >= 0.6 is 11.6 Å². The molecule has 1 fully saturated rings. The summed E-state index contributed by atoms with van der Waals surface area (Å²) < 4.78 is 0. The second-order valence-electron chi connectivity index (χ2n) is 3.20. The van der Waals surface area contributed by atoms with Gasteiger partial charge in [-0.25, -0.2) is 4.99 Å². The third-order valence-electron chi connectivity index (χ3n) is 1.98. The monoisotopic (exact) mass is 237 g/mol. The first-order valence-corrected chi connectivity index (χ1v) is 4.94. The first-order valence-electron chi connectivity index (χ1n) is 4.56. The van der Waals surface area contributed by atoms with E-state index in [1.807, 2.05) is 12.1 Å². The fourth-order valence-electron chi connectivity index (χ4n) is 1.24. The molecule has 82 valence electrons. The predicted octanol–water partition coefficient (Wildman–Crippen LogP) is 0.442. The van der Waals surface area contributed by atoms with E-state index in [2.05, 4.69) is 15.6 Å². The van der Waals surface area contributed by atoms with Gasteiger partial charge >= 0.3 is 11.8 Å². The number of nitrogens with zero attached hydrogens (tertiary/aromatic N) is 1. The molecular weight excluding hydrogens is 230 g/mol. The first kappa shape index (κ1) is 10.6. The Balaban J connectivity index is 2.05. The van der Waals surface area contributed by atoms with Crippen LogP contribution in [-0.2, 0) is 16.1 Å². The number of guanidine groups is 1. The van der Waals surface area contributed by atoms with Crippen LogP contribution in [-0.4, -0.2) is 17.8 Å². The number of hydrogen-bond acceptors (Lipinski definition) is 3. The van der Waals surface area contributed by atoms with Crippen molar-refractivity contribution in [1.29, 1.82) is 0 Å². The van der Waals surface area contributed by atoms with Gasteiger partial charge in [0.2, 0.25) is 5.96 Å². The summed E-state index contributed by atoms with van der Waals surface area (Å²) in [6, 6.07) is 7.19. The molecular formula is C10H8ClN3O2. The van der Waals surface area contributed by atoms with Gasteiger partial charge in [-0.15, -0.1) is 0 Å². The SMILES string of the molecule is O=C1NC(=NCc2cccc(Cl)c2)NC1=O. The Bertz CT molecular complexity index is 467. The summed E-state index contributed by atoms with van der Waals surface area (Å²) >= 11 is 5.80. The lowest BCUT2D eigenvalue weighted by molar-refractivity contribution is -0.135. The van der Waals surface area contributed by atoms with Gasteiger partial charge in [-0.2, -0.15) is 0 Å². The van der Waals surface area contributed by atoms with Gasteiger partial charge in [-0.1, -0.05) is 23.7 Å². The Hall–Kier alpha value is -1.88. The molecule has 1 aliphatic rings. The average molecular weight is 238 g/mol. The molecule has 0 atom stereocenters. The summed E-state index contributed by atoms with van der Waals surface area (Å²) in [5, 5.41) is 5.23. The van der Waals surface area contributed by atoms with E-state index < -0.39 is 11.8 Å². The minimum atomic E-state index is -0.690. The topological polar surface area (TPSA) is 70.6 Å². The fraction of sp³-hybridized carbons (Fsp3) is 0.100. The Morgan fingerprint density at radius 2 is 1.88 bits per heavy atom. The molecule has 1 aliphatic heterocycles. The van der Waals surface area contributed by atoms with Crippen molar-refractivity contribution in [3.63, 3.8) is 0 Å². The molecule has 5 nitrogen and oxygen atoms in total. The molecule has 0 aromatic heterocycles. The van der Waals surface area contributed by atoms with Crippen LogP contribution in [0.1, 0.15) is 5.56 Å². The summed E-state index contributed by atoms with van der Waals surface area (Å²) in [6.07, 6.45) is 0. The summed E-state index contributed by atoms with van der Waals surface area (Å²) in [5.74, 6) is -1.20. The molecule has 2 amide bonds. The number of amides is 2. The maximum Gasteiger partial charge on any atom is 0.316 e. The van der Waals surface area contributed by atoms with E-state index in [0.29, 0.717) is 11.6 Å². The van der Waals surface area contributed by atoms with E-state index in [-0.39, 0.29) is 5.96 Å². The molecule has 6 heteroatoms. The minimum Gasteiger partial charge on any atom is -0.288 e. The third-order valence-corrected chi connectivity index (χ3v) is 2.21. The van der Waals surface area contributed by atoms with Gasteiger partial charge in [-0.05, 0) is 17.7 Å².